The number of piperidine rings is 2. The van der Waals surface area contributed by atoms with E-state index in [1.165, 1.54) is 0 Å². The molecule has 27 heavy (non-hydrogen) atoms. The lowest BCUT2D eigenvalue weighted by Gasteiger charge is -2.41. The first-order valence-corrected chi connectivity index (χ1v) is 9.94. The molecule has 2 aliphatic heterocycles. The Morgan fingerprint density at radius 2 is 1.56 bits per heavy atom. The topological polar surface area (TPSA) is 45.7 Å². The molecule has 1 aromatic carbocycles. The number of rotatable bonds is 4. The van der Waals surface area contributed by atoms with Crippen LogP contribution < -0.4 is 4.74 Å². The second-order valence-electron chi connectivity index (χ2n) is 7.43. The highest BCUT2D eigenvalue weighted by Gasteiger charge is 2.30. The Bertz CT molecular complexity index is 722. The van der Waals surface area contributed by atoms with Crippen molar-refractivity contribution >= 4 is 5.91 Å². The Balaban J connectivity index is 1.23. The van der Waals surface area contributed by atoms with Gasteiger partial charge in [0, 0.05) is 50.2 Å². The number of carbonyl (C=O) groups is 1. The number of likely N-dealkylation sites (tertiary alicyclic amines) is 2. The maximum Gasteiger partial charge on any atom is 0.253 e. The van der Waals surface area contributed by atoms with Gasteiger partial charge in [-0.15, -0.1) is 0 Å². The van der Waals surface area contributed by atoms with Crippen LogP contribution in [-0.4, -0.2) is 59.0 Å². The molecule has 142 valence electrons. The highest BCUT2D eigenvalue weighted by atomic mass is 16.5. The van der Waals surface area contributed by atoms with Crippen LogP contribution in [0.2, 0.25) is 0 Å². The molecule has 4 rings (SSSR count). The van der Waals surface area contributed by atoms with E-state index in [1.807, 2.05) is 47.4 Å². The number of benzene rings is 1. The summed E-state index contributed by atoms with van der Waals surface area (Å²) in [6.45, 7) is 3.86. The fourth-order valence-corrected chi connectivity index (χ4v) is 4.17. The van der Waals surface area contributed by atoms with E-state index in [4.69, 9.17) is 4.74 Å². The number of amides is 1. The van der Waals surface area contributed by atoms with E-state index in [9.17, 15) is 4.79 Å². The van der Waals surface area contributed by atoms with Gasteiger partial charge in [-0.05, 0) is 49.9 Å². The van der Waals surface area contributed by atoms with Gasteiger partial charge in [0.1, 0.15) is 11.9 Å². The summed E-state index contributed by atoms with van der Waals surface area (Å²) in [5.41, 5.74) is 0.796. The number of aromatic nitrogens is 1. The van der Waals surface area contributed by atoms with Gasteiger partial charge in [0.15, 0.2) is 0 Å². The van der Waals surface area contributed by atoms with Crippen molar-refractivity contribution in [2.24, 2.45) is 0 Å². The van der Waals surface area contributed by atoms with Crippen LogP contribution in [0.25, 0.3) is 0 Å². The van der Waals surface area contributed by atoms with Gasteiger partial charge in [-0.2, -0.15) is 0 Å². The van der Waals surface area contributed by atoms with Crippen LogP contribution in [0.4, 0.5) is 0 Å². The summed E-state index contributed by atoms with van der Waals surface area (Å²) in [7, 11) is 0. The second kappa shape index (κ2) is 8.53. The Kier molecular flexibility index (Phi) is 5.68. The maximum atomic E-state index is 12.6. The van der Waals surface area contributed by atoms with E-state index in [2.05, 4.69) is 9.88 Å². The third-order valence-corrected chi connectivity index (χ3v) is 5.72. The molecule has 3 heterocycles. The van der Waals surface area contributed by atoms with Crippen molar-refractivity contribution in [3.05, 3.63) is 60.4 Å². The summed E-state index contributed by atoms with van der Waals surface area (Å²) < 4.78 is 6.07. The summed E-state index contributed by atoms with van der Waals surface area (Å²) in [6.07, 6.45) is 8.09. The zero-order valence-corrected chi connectivity index (χ0v) is 15.7. The predicted octanol–water partition coefficient (Wildman–Crippen LogP) is 3.23. The third-order valence-electron chi connectivity index (χ3n) is 5.72. The van der Waals surface area contributed by atoms with E-state index in [1.54, 1.807) is 12.4 Å². The van der Waals surface area contributed by atoms with Crippen LogP contribution in [0.1, 0.15) is 36.0 Å². The van der Waals surface area contributed by atoms with Crippen molar-refractivity contribution in [1.82, 2.24) is 14.8 Å². The molecule has 1 aromatic heterocycles. The molecule has 0 radical (unpaired) electrons. The Morgan fingerprint density at radius 3 is 2.22 bits per heavy atom. The first-order valence-electron chi connectivity index (χ1n) is 9.94. The maximum absolute atomic E-state index is 12.6. The van der Waals surface area contributed by atoms with Gasteiger partial charge in [-0.3, -0.25) is 14.7 Å². The zero-order chi connectivity index (χ0) is 18.5. The zero-order valence-electron chi connectivity index (χ0n) is 15.7. The Morgan fingerprint density at radius 1 is 0.889 bits per heavy atom. The smallest absolute Gasteiger partial charge is 0.253 e. The van der Waals surface area contributed by atoms with Crippen LogP contribution >= 0.6 is 0 Å². The molecule has 0 aliphatic carbocycles. The van der Waals surface area contributed by atoms with E-state index in [-0.39, 0.29) is 5.91 Å². The summed E-state index contributed by atoms with van der Waals surface area (Å²) >= 11 is 0. The SMILES string of the molecule is O=C(c1ccccc1)N1CCC(N2CCC(Oc3ccncc3)CC2)CC1. The summed E-state index contributed by atoms with van der Waals surface area (Å²) in [6, 6.07) is 14.1. The Hall–Kier alpha value is -2.40. The lowest BCUT2D eigenvalue weighted by molar-refractivity contribution is 0.0425. The summed E-state index contributed by atoms with van der Waals surface area (Å²) in [5, 5.41) is 0. The van der Waals surface area contributed by atoms with Crippen LogP contribution in [0, 0.1) is 0 Å². The van der Waals surface area contributed by atoms with Crippen LogP contribution in [0.3, 0.4) is 0 Å². The van der Waals surface area contributed by atoms with Gasteiger partial charge >= 0.3 is 0 Å². The van der Waals surface area contributed by atoms with Crippen molar-refractivity contribution in [3.8, 4) is 5.75 Å². The number of nitrogens with zero attached hydrogens (tertiary/aromatic N) is 3. The highest BCUT2D eigenvalue weighted by Crippen LogP contribution is 2.24. The fourth-order valence-electron chi connectivity index (χ4n) is 4.17. The predicted molar refractivity (Wildman–Crippen MR) is 105 cm³/mol. The normalized spacial score (nSPS) is 19.8. The minimum absolute atomic E-state index is 0.165. The van der Waals surface area contributed by atoms with Crippen LogP contribution in [0.5, 0.6) is 5.75 Å². The van der Waals surface area contributed by atoms with Gasteiger partial charge in [0.05, 0.1) is 0 Å². The fraction of sp³-hybridized carbons (Fsp3) is 0.455. The number of pyridine rings is 1. The van der Waals surface area contributed by atoms with Gasteiger partial charge in [-0.1, -0.05) is 18.2 Å². The third kappa shape index (κ3) is 4.48. The minimum Gasteiger partial charge on any atom is -0.490 e. The first kappa shape index (κ1) is 18.0. The Labute approximate surface area is 161 Å². The molecule has 0 atom stereocenters. The lowest BCUT2D eigenvalue weighted by atomic mass is 9.98. The molecule has 2 saturated heterocycles. The molecular weight excluding hydrogens is 338 g/mol. The molecule has 2 aromatic rings. The largest absolute Gasteiger partial charge is 0.490 e. The molecule has 5 nitrogen and oxygen atoms in total. The van der Waals surface area contributed by atoms with E-state index < -0.39 is 0 Å². The number of ether oxygens (including phenoxy) is 1. The first-order chi connectivity index (χ1) is 13.3. The van der Waals surface area contributed by atoms with Gasteiger partial charge < -0.3 is 9.64 Å². The lowest BCUT2D eigenvalue weighted by Crippen LogP contribution is -2.50. The van der Waals surface area contributed by atoms with E-state index in [0.29, 0.717) is 12.1 Å². The van der Waals surface area contributed by atoms with Crippen LogP contribution in [0.15, 0.2) is 54.9 Å². The highest BCUT2D eigenvalue weighted by molar-refractivity contribution is 5.94. The average molecular weight is 365 g/mol. The molecule has 0 saturated carbocycles. The molecule has 2 fully saturated rings. The van der Waals surface area contributed by atoms with Crippen LogP contribution in [-0.2, 0) is 0 Å². The molecule has 2 aliphatic rings. The number of hydrogen-bond acceptors (Lipinski definition) is 4. The van der Waals surface area contributed by atoms with E-state index >= 15 is 0 Å². The molecular formula is C22H27N3O2. The van der Waals surface area contributed by atoms with Gasteiger partial charge in [0.2, 0.25) is 0 Å². The van der Waals surface area contributed by atoms with Gasteiger partial charge in [-0.25, -0.2) is 0 Å². The average Bonchev–Trinajstić information content (AvgIpc) is 2.75. The quantitative estimate of drug-likeness (QED) is 0.835. The van der Waals surface area contributed by atoms with Crippen molar-refractivity contribution < 1.29 is 9.53 Å². The molecule has 0 bridgehead atoms. The molecule has 0 spiro atoms. The minimum atomic E-state index is 0.165. The van der Waals surface area contributed by atoms with Gasteiger partial charge in [0.25, 0.3) is 5.91 Å². The van der Waals surface area contributed by atoms with Crippen molar-refractivity contribution in [1.29, 1.82) is 0 Å². The van der Waals surface area contributed by atoms with Crippen molar-refractivity contribution in [3.63, 3.8) is 0 Å². The summed E-state index contributed by atoms with van der Waals surface area (Å²) in [4.78, 5) is 21.2. The second-order valence-corrected chi connectivity index (χ2v) is 7.43. The standard InChI is InChI=1S/C22H27N3O2/c26-22(18-4-2-1-3-5-18)25-14-8-19(9-15-25)24-16-10-21(11-17-24)27-20-6-12-23-13-7-20/h1-7,12-13,19,21H,8-11,14-17H2. The van der Waals surface area contributed by atoms with Crippen molar-refractivity contribution in [2.45, 2.75) is 37.8 Å². The molecule has 1 amide bonds. The molecule has 0 N–H and O–H groups in total. The molecule has 5 heteroatoms. The summed E-state index contributed by atoms with van der Waals surface area (Å²) in [5.74, 6) is 1.08. The van der Waals surface area contributed by atoms with Crippen molar-refractivity contribution in [2.75, 3.05) is 26.2 Å². The number of carbonyl (C=O) groups excluding carboxylic acids is 1. The monoisotopic (exact) mass is 365 g/mol. The molecule has 0 unspecified atom stereocenters. The van der Waals surface area contributed by atoms with E-state index in [0.717, 1.165) is 63.2 Å². The number of hydrogen-bond donors (Lipinski definition) is 0.